The Bertz CT molecular complexity index is 304. The molecule has 0 radical (unpaired) electrons. The van der Waals surface area contributed by atoms with E-state index in [-0.39, 0.29) is 12.3 Å². The van der Waals surface area contributed by atoms with Gasteiger partial charge in [-0.05, 0) is 0 Å². The molecular weight excluding hydrogens is 158 g/mol. The van der Waals surface area contributed by atoms with Crippen LogP contribution in [0.5, 0.6) is 0 Å². The van der Waals surface area contributed by atoms with E-state index in [2.05, 4.69) is 14.7 Å². The minimum Gasteiger partial charge on any atom is -0.446 e. The molecule has 5 nitrogen and oxygen atoms in total. The molecule has 1 heterocycles. The van der Waals surface area contributed by atoms with Crippen LogP contribution in [-0.2, 0) is 4.74 Å². The monoisotopic (exact) mass is 163 g/mol. The molecule has 0 unspecified atom stereocenters. The van der Waals surface area contributed by atoms with E-state index in [1.165, 1.54) is 18.6 Å². The van der Waals surface area contributed by atoms with Gasteiger partial charge in [0.1, 0.15) is 6.07 Å². The second-order valence-electron chi connectivity index (χ2n) is 1.82. The number of ether oxygens (including phenoxy) is 1. The molecule has 0 N–H and O–H groups in total. The number of carbonyl (C=O) groups is 1. The summed E-state index contributed by atoms with van der Waals surface area (Å²) in [6.45, 7) is -0.268. The molecular formula is C7H5N3O2. The van der Waals surface area contributed by atoms with Crippen LogP contribution in [0.2, 0.25) is 0 Å². The average Bonchev–Trinajstić information content (AvgIpc) is 2.15. The fraction of sp³-hybridized carbons (Fsp3) is 0.143. The van der Waals surface area contributed by atoms with Crippen LogP contribution in [0.25, 0.3) is 0 Å². The van der Waals surface area contributed by atoms with E-state index < -0.39 is 5.97 Å². The summed E-state index contributed by atoms with van der Waals surface area (Å²) >= 11 is 0. The van der Waals surface area contributed by atoms with Crippen LogP contribution < -0.4 is 0 Å². The van der Waals surface area contributed by atoms with Crippen molar-refractivity contribution in [2.24, 2.45) is 0 Å². The van der Waals surface area contributed by atoms with Gasteiger partial charge in [-0.25, -0.2) is 9.78 Å². The quantitative estimate of drug-likeness (QED) is 0.580. The lowest BCUT2D eigenvalue weighted by molar-refractivity contribution is 0.0547. The van der Waals surface area contributed by atoms with Gasteiger partial charge in [0.25, 0.3) is 0 Å². The summed E-state index contributed by atoms with van der Waals surface area (Å²) in [5, 5.41) is 8.10. The van der Waals surface area contributed by atoms with Crippen LogP contribution >= 0.6 is 0 Å². The molecule has 0 saturated carbocycles. The highest BCUT2D eigenvalue weighted by molar-refractivity contribution is 5.86. The number of rotatable bonds is 2. The van der Waals surface area contributed by atoms with Gasteiger partial charge in [0.2, 0.25) is 0 Å². The van der Waals surface area contributed by atoms with Gasteiger partial charge < -0.3 is 4.74 Å². The van der Waals surface area contributed by atoms with Gasteiger partial charge in [-0.3, -0.25) is 4.98 Å². The van der Waals surface area contributed by atoms with Gasteiger partial charge in [-0.15, -0.1) is 0 Å². The summed E-state index contributed by atoms with van der Waals surface area (Å²) in [5.74, 6) is -0.635. The highest BCUT2D eigenvalue weighted by Crippen LogP contribution is 1.92. The summed E-state index contributed by atoms with van der Waals surface area (Å²) in [6, 6.07) is 1.68. The number of esters is 1. The van der Waals surface area contributed by atoms with E-state index in [0.29, 0.717) is 0 Å². The van der Waals surface area contributed by atoms with Crippen molar-refractivity contribution < 1.29 is 9.53 Å². The van der Waals surface area contributed by atoms with Crippen LogP contribution in [0.15, 0.2) is 18.6 Å². The SMILES string of the molecule is N#CCOC(=O)c1cnccn1. The lowest BCUT2D eigenvalue weighted by Crippen LogP contribution is -2.07. The Morgan fingerprint density at radius 3 is 3.08 bits per heavy atom. The summed E-state index contributed by atoms with van der Waals surface area (Å²) in [5.41, 5.74) is 0.104. The predicted octanol–water partition coefficient (Wildman–Crippen LogP) is 0.157. The Balaban J connectivity index is 2.61. The van der Waals surface area contributed by atoms with Crippen LogP contribution in [0, 0.1) is 11.3 Å². The third-order valence-electron chi connectivity index (χ3n) is 1.04. The second-order valence-corrected chi connectivity index (χ2v) is 1.82. The molecule has 0 aliphatic rings. The largest absolute Gasteiger partial charge is 0.446 e. The summed E-state index contributed by atoms with van der Waals surface area (Å²) in [4.78, 5) is 18.3. The van der Waals surface area contributed by atoms with E-state index in [0.717, 1.165) is 0 Å². The van der Waals surface area contributed by atoms with Crippen LogP contribution in [-0.4, -0.2) is 22.5 Å². The molecule has 0 bridgehead atoms. The van der Waals surface area contributed by atoms with Crippen molar-refractivity contribution in [3.63, 3.8) is 0 Å². The molecule has 0 aromatic carbocycles. The second kappa shape index (κ2) is 4.03. The number of aromatic nitrogens is 2. The molecule has 0 fully saturated rings. The molecule has 0 spiro atoms. The highest BCUT2D eigenvalue weighted by Gasteiger charge is 2.06. The lowest BCUT2D eigenvalue weighted by Gasteiger charge is -1.96. The maximum atomic E-state index is 10.9. The first-order valence-electron chi connectivity index (χ1n) is 3.14. The zero-order valence-electron chi connectivity index (χ0n) is 6.10. The zero-order valence-corrected chi connectivity index (χ0v) is 6.10. The first-order chi connectivity index (χ1) is 5.84. The predicted molar refractivity (Wildman–Crippen MR) is 37.9 cm³/mol. The fourth-order valence-electron chi connectivity index (χ4n) is 0.576. The highest BCUT2D eigenvalue weighted by atomic mass is 16.5. The van der Waals surface area contributed by atoms with Gasteiger partial charge >= 0.3 is 5.97 Å². The standard InChI is InChI=1S/C7H5N3O2/c8-1-4-12-7(11)6-5-9-2-3-10-6/h2-3,5H,4H2. The van der Waals surface area contributed by atoms with Gasteiger partial charge in [0, 0.05) is 12.4 Å². The van der Waals surface area contributed by atoms with E-state index in [9.17, 15) is 4.79 Å². The Kier molecular flexibility index (Phi) is 2.73. The average molecular weight is 163 g/mol. The molecule has 1 aromatic rings. The van der Waals surface area contributed by atoms with Crippen molar-refractivity contribution in [3.05, 3.63) is 24.3 Å². The Morgan fingerprint density at radius 2 is 2.50 bits per heavy atom. The van der Waals surface area contributed by atoms with Crippen molar-refractivity contribution in [2.75, 3.05) is 6.61 Å². The molecule has 0 aliphatic carbocycles. The zero-order chi connectivity index (χ0) is 8.81. The normalized spacial score (nSPS) is 8.58. The molecule has 1 rings (SSSR count). The summed E-state index contributed by atoms with van der Waals surface area (Å²) in [6.07, 6.45) is 4.10. The maximum absolute atomic E-state index is 10.9. The van der Waals surface area contributed by atoms with Crippen LogP contribution in [0.3, 0.4) is 0 Å². The minimum atomic E-state index is -0.635. The van der Waals surface area contributed by atoms with Crippen molar-refractivity contribution >= 4 is 5.97 Å². The fourth-order valence-corrected chi connectivity index (χ4v) is 0.576. The van der Waals surface area contributed by atoms with Crippen LogP contribution in [0.1, 0.15) is 10.5 Å². The molecule has 12 heavy (non-hydrogen) atoms. The first kappa shape index (κ1) is 8.14. The number of nitrogens with zero attached hydrogens (tertiary/aromatic N) is 3. The van der Waals surface area contributed by atoms with E-state index >= 15 is 0 Å². The van der Waals surface area contributed by atoms with Crippen molar-refractivity contribution in [3.8, 4) is 6.07 Å². The molecule has 0 aliphatic heterocycles. The molecule has 5 heteroatoms. The van der Waals surface area contributed by atoms with Gasteiger partial charge in [-0.1, -0.05) is 0 Å². The molecule has 60 valence electrons. The number of hydrogen-bond donors (Lipinski definition) is 0. The Labute approximate surface area is 68.6 Å². The number of carbonyl (C=O) groups excluding carboxylic acids is 1. The van der Waals surface area contributed by atoms with E-state index in [4.69, 9.17) is 5.26 Å². The summed E-state index contributed by atoms with van der Waals surface area (Å²) < 4.78 is 4.47. The lowest BCUT2D eigenvalue weighted by atomic mass is 10.5. The van der Waals surface area contributed by atoms with E-state index in [1.54, 1.807) is 6.07 Å². The van der Waals surface area contributed by atoms with Crippen molar-refractivity contribution in [1.82, 2.24) is 9.97 Å². The topological polar surface area (TPSA) is 75.9 Å². The molecule has 0 amide bonds. The summed E-state index contributed by atoms with van der Waals surface area (Å²) in [7, 11) is 0. The van der Waals surface area contributed by atoms with Crippen LogP contribution in [0.4, 0.5) is 0 Å². The third-order valence-corrected chi connectivity index (χ3v) is 1.04. The number of hydrogen-bond acceptors (Lipinski definition) is 5. The van der Waals surface area contributed by atoms with Crippen molar-refractivity contribution in [2.45, 2.75) is 0 Å². The molecule has 1 aromatic heterocycles. The first-order valence-corrected chi connectivity index (χ1v) is 3.14. The smallest absolute Gasteiger partial charge is 0.359 e. The van der Waals surface area contributed by atoms with E-state index in [1.807, 2.05) is 0 Å². The number of nitriles is 1. The maximum Gasteiger partial charge on any atom is 0.359 e. The Morgan fingerprint density at radius 1 is 1.67 bits per heavy atom. The van der Waals surface area contributed by atoms with Gasteiger partial charge in [0.15, 0.2) is 12.3 Å². The minimum absolute atomic E-state index is 0.104. The molecule has 0 saturated heterocycles. The van der Waals surface area contributed by atoms with Gasteiger partial charge in [0.05, 0.1) is 6.20 Å². The Hall–Kier alpha value is -1.96. The third kappa shape index (κ3) is 2.02. The van der Waals surface area contributed by atoms with Gasteiger partial charge in [-0.2, -0.15) is 5.26 Å². The van der Waals surface area contributed by atoms with Crippen molar-refractivity contribution in [1.29, 1.82) is 5.26 Å². The molecule has 0 atom stereocenters.